The lowest BCUT2D eigenvalue weighted by Crippen LogP contribution is -2.47. The van der Waals surface area contributed by atoms with Crippen LogP contribution in [0.15, 0.2) is 48.5 Å². The normalized spacial score (nSPS) is 16.3. The number of benzene rings is 2. The second-order valence-electron chi connectivity index (χ2n) is 5.99. The van der Waals surface area contributed by atoms with E-state index in [1.165, 1.54) is 0 Å². The molecule has 25 heavy (non-hydrogen) atoms. The molecule has 5 nitrogen and oxygen atoms in total. The van der Waals surface area contributed by atoms with Gasteiger partial charge in [-0.25, -0.2) is 0 Å². The topological polar surface area (TPSA) is 58.6 Å². The first-order valence-corrected chi connectivity index (χ1v) is 8.42. The molecule has 0 saturated carbocycles. The van der Waals surface area contributed by atoms with E-state index in [1.807, 2.05) is 55.5 Å². The van der Waals surface area contributed by atoms with Gasteiger partial charge in [-0.1, -0.05) is 42.5 Å². The number of methoxy groups -OCH3 is 1. The summed E-state index contributed by atoms with van der Waals surface area (Å²) >= 11 is 0. The summed E-state index contributed by atoms with van der Waals surface area (Å²) in [4.78, 5) is 26.9. The summed E-state index contributed by atoms with van der Waals surface area (Å²) < 4.78 is 5.32. The van der Waals surface area contributed by atoms with E-state index in [9.17, 15) is 9.59 Å². The molecule has 1 heterocycles. The average Bonchev–Trinajstić information content (AvgIpc) is 2.65. The highest BCUT2D eigenvalue weighted by Gasteiger charge is 2.35. The van der Waals surface area contributed by atoms with Crippen molar-refractivity contribution in [1.82, 2.24) is 10.2 Å². The lowest BCUT2D eigenvalue weighted by Gasteiger charge is -2.35. The van der Waals surface area contributed by atoms with E-state index in [0.29, 0.717) is 19.5 Å². The second kappa shape index (κ2) is 7.38. The Labute approximate surface area is 147 Å². The van der Waals surface area contributed by atoms with Gasteiger partial charge >= 0.3 is 0 Å². The van der Waals surface area contributed by atoms with Crippen molar-refractivity contribution in [2.45, 2.75) is 25.9 Å². The number of para-hydroxylation sites is 1. The number of nitrogens with one attached hydrogen (secondary N) is 1. The highest BCUT2D eigenvalue weighted by molar-refractivity contribution is 5.92. The SMILES string of the molecule is CCN1C(=O)Cc2ccccc2C1C(=O)NCc1ccccc1OC. The maximum absolute atomic E-state index is 12.9. The molecule has 0 aromatic heterocycles. The van der Waals surface area contributed by atoms with Crippen molar-refractivity contribution in [3.8, 4) is 5.75 Å². The monoisotopic (exact) mass is 338 g/mol. The van der Waals surface area contributed by atoms with Gasteiger partial charge in [0.15, 0.2) is 0 Å². The number of likely N-dealkylation sites (N-methyl/N-ethyl adjacent to an activating group) is 1. The highest BCUT2D eigenvalue weighted by Crippen LogP contribution is 2.30. The van der Waals surface area contributed by atoms with Gasteiger partial charge in [-0.15, -0.1) is 0 Å². The van der Waals surface area contributed by atoms with Crippen LogP contribution in [-0.2, 0) is 22.6 Å². The van der Waals surface area contributed by atoms with Crippen molar-refractivity contribution in [2.75, 3.05) is 13.7 Å². The summed E-state index contributed by atoms with van der Waals surface area (Å²) in [6.45, 7) is 2.75. The van der Waals surface area contributed by atoms with E-state index in [1.54, 1.807) is 12.0 Å². The van der Waals surface area contributed by atoms with Gasteiger partial charge in [0.1, 0.15) is 11.8 Å². The van der Waals surface area contributed by atoms with Crippen LogP contribution in [-0.4, -0.2) is 30.4 Å². The van der Waals surface area contributed by atoms with Crippen molar-refractivity contribution < 1.29 is 14.3 Å². The zero-order valence-electron chi connectivity index (χ0n) is 14.5. The minimum Gasteiger partial charge on any atom is -0.496 e. The van der Waals surface area contributed by atoms with E-state index in [2.05, 4.69) is 5.32 Å². The largest absolute Gasteiger partial charge is 0.496 e. The number of rotatable bonds is 5. The van der Waals surface area contributed by atoms with Crippen LogP contribution < -0.4 is 10.1 Å². The minimum atomic E-state index is -0.586. The standard InChI is InChI=1S/C20H22N2O3/c1-3-22-18(23)12-14-8-4-6-10-16(14)19(22)20(24)21-13-15-9-5-7-11-17(15)25-2/h4-11,19H,3,12-13H2,1-2H3,(H,21,24). The molecule has 3 rings (SSSR count). The number of hydrogen-bond acceptors (Lipinski definition) is 3. The van der Waals surface area contributed by atoms with Crippen molar-refractivity contribution in [2.24, 2.45) is 0 Å². The molecule has 5 heteroatoms. The van der Waals surface area contributed by atoms with Gasteiger partial charge in [-0.2, -0.15) is 0 Å². The summed E-state index contributed by atoms with van der Waals surface area (Å²) in [5.41, 5.74) is 2.73. The molecule has 1 aliphatic heterocycles. The Morgan fingerprint density at radius 3 is 2.68 bits per heavy atom. The summed E-state index contributed by atoms with van der Waals surface area (Å²) in [6.07, 6.45) is 0.348. The van der Waals surface area contributed by atoms with Crippen LogP contribution in [0.3, 0.4) is 0 Å². The molecule has 130 valence electrons. The zero-order valence-corrected chi connectivity index (χ0v) is 14.5. The average molecular weight is 338 g/mol. The van der Waals surface area contributed by atoms with Gasteiger partial charge in [0.05, 0.1) is 13.5 Å². The third kappa shape index (κ3) is 3.36. The minimum absolute atomic E-state index is 0.0151. The lowest BCUT2D eigenvalue weighted by molar-refractivity contribution is -0.141. The number of hydrogen-bond donors (Lipinski definition) is 1. The molecule has 2 aromatic rings. The number of carbonyl (C=O) groups is 2. The molecule has 0 aliphatic carbocycles. The number of ether oxygens (including phenoxy) is 1. The molecular weight excluding hydrogens is 316 g/mol. The van der Waals surface area contributed by atoms with Crippen LogP contribution in [0.25, 0.3) is 0 Å². The van der Waals surface area contributed by atoms with Gasteiger partial charge in [0, 0.05) is 18.7 Å². The van der Waals surface area contributed by atoms with Crippen LogP contribution in [0.5, 0.6) is 5.75 Å². The molecule has 1 N–H and O–H groups in total. The van der Waals surface area contributed by atoms with Gasteiger partial charge in [0.25, 0.3) is 0 Å². The summed E-state index contributed by atoms with van der Waals surface area (Å²) in [6, 6.07) is 14.6. The Bertz CT molecular complexity index is 788. The maximum atomic E-state index is 12.9. The first-order valence-electron chi connectivity index (χ1n) is 8.42. The van der Waals surface area contributed by atoms with E-state index >= 15 is 0 Å². The van der Waals surface area contributed by atoms with Gasteiger partial charge in [0.2, 0.25) is 11.8 Å². The molecule has 2 amide bonds. The summed E-state index contributed by atoms with van der Waals surface area (Å²) in [7, 11) is 1.61. The fourth-order valence-electron chi connectivity index (χ4n) is 3.31. The molecule has 0 radical (unpaired) electrons. The number of amides is 2. The van der Waals surface area contributed by atoms with E-state index in [0.717, 1.165) is 22.4 Å². The van der Waals surface area contributed by atoms with Crippen LogP contribution in [0.1, 0.15) is 29.7 Å². The Hall–Kier alpha value is -2.82. The number of fused-ring (bicyclic) bond motifs is 1. The first kappa shape index (κ1) is 17.0. The van der Waals surface area contributed by atoms with Gasteiger partial charge < -0.3 is 15.0 Å². The third-order valence-electron chi connectivity index (χ3n) is 4.56. The molecule has 1 aliphatic rings. The van der Waals surface area contributed by atoms with Gasteiger partial charge in [-0.3, -0.25) is 9.59 Å². The third-order valence-corrected chi connectivity index (χ3v) is 4.56. The van der Waals surface area contributed by atoms with Crippen LogP contribution in [0.4, 0.5) is 0 Å². The lowest BCUT2D eigenvalue weighted by atomic mass is 9.91. The number of carbonyl (C=O) groups excluding carboxylic acids is 2. The first-order chi connectivity index (χ1) is 12.2. The molecule has 0 spiro atoms. The fourth-order valence-corrected chi connectivity index (χ4v) is 3.31. The quantitative estimate of drug-likeness (QED) is 0.911. The predicted molar refractivity (Wildman–Crippen MR) is 95.1 cm³/mol. The Morgan fingerprint density at radius 2 is 1.92 bits per heavy atom. The van der Waals surface area contributed by atoms with Crippen molar-refractivity contribution in [1.29, 1.82) is 0 Å². The van der Waals surface area contributed by atoms with E-state index in [4.69, 9.17) is 4.74 Å². The van der Waals surface area contributed by atoms with Crippen molar-refractivity contribution in [3.63, 3.8) is 0 Å². The Balaban J connectivity index is 1.83. The van der Waals surface area contributed by atoms with E-state index < -0.39 is 6.04 Å². The Morgan fingerprint density at radius 1 is 1.20 bits per heavy atom. The fraction of sp³-hybridized carbons (Fsp3) is 0.300. The number of nitrogens with zero attached hydrogens (tertiary/aromatic N) is 1. The molecular formula is C20H22N2O3. The summed E-state index contributed by atoms with van der Waals surface area (Å²) in [5, 5.41) is 2.96. The zero-order chi connectivity index (χ0) is 17.8. The highest BCUT2D eigenvalue weighted by atomic mass is 16.5. The molecule has 1 atom stereocenters. The van der Waals surface area contributed by atoms with Crippen LogP contribution in [0, 0.1) is 0 Å². The van der Waals surface area contributed by atoms with E-state index in [-0.39, 0.29) is 11.8 Å². The predicted octanol–water partition coefficient (Wildman–Crippen LogP) is 2.46. The van der Waals surface area contributed by atoms with Crippen molar-refractivity contribution in [3.05, 3.63) is 65.2 Å². The molecule has 0 bridgehead atoms. The smallest absolute Gasteiger partial charge is 0.247 e. The van der Waals surface area contributed by atoms with Crippen molar-refractivity contribution >= 4 is 11.8 Å². The maximum Gasteiger partial charge on any atom is 0.247 e. The molecule has 2 aromatic carbocycles. The Kier molecular flexibility index (Phi) is 5.03. The van der Waals surface area contributed by atoms with Crippen LogP contribution in [0.2, 0.25) is 0 Å². The second-order valence-corrected chi connectivity index (χ2v) is 5.99. The molecule has 0 saturated heterocycles. The van der Waals surface area contributed by atoms with Gasteiger partial charge in [-0.05, 0) is 24.1 Å². The van der Waals surface area contributed by atoms with Crippen LogP contribution >= 0.6 is 0 Å². The molecule has 1 unspecified atom stereocenters. The summed E-state index contributed by atoms with van der Waals surface area (Å²) in [5.74, 6) is 0.544. The molecule has 0 fully saturated rings.